The SMILES string of the molecule is Cc1ncsc1C(O)Cc1c(F)cccc1Cl. The van der Waals surface area contributed by atoms with Crippen molar-refractivity contribution in [2.75, 3.05) is 0 Å². The third-order valence-electron chi connectivity index (χ3n) is 2.54. The lowest BCUT2D eigenvalue weighted by atomic mass is 10.1. The van der Waals surface area contributed by atoms with Crippen LogP contribution < -0.4 is 0 Å². The van der Waals surface area contributed by atoms with E-state index in [1.165, 1.54) is 17.4 Å². The smallest absolute Gasteiger partial charge is 0.127 e. The van der Waals surface area contributed by atoms with Crippen molar-refractivity contribution in [3.05, 3.63) is 50.7 Å². The molecule has 2 aromatic rings. The van der Waals surface area contributed by atoms with Crippen LogP contribution in [0, 0.1) is 12.7 Å². The van der Waals surface area contributed by atoms with Crippen LogP contribution in [0.4, 0.5) is 4.39 Å². The molecule has 2 nitrogen and oxygen atoms in total. The van der Waals surface area contributed by atoms with Crippen LogP contribution in [0.25, 0.3) is 0 Å². The van der Waals surface area contributed by atoms with Crippen molar-refractivity contribution in [1.82, 2.24) is 4.98 Å². The Morgan fingerprint density at radius 3 is 2.88 bits per heavy atom. The molecule has 5 heteroatoms. The van der Waals surface area contributed by atoms with Crippen LogP contribution in [0.3, 0.4) is 0 Å². The fraction of sp³-hybridized carbons (Fsp3) is 0.250. The molecule has 0 saturated carbocycles. The minimum atomic E-state index is -0.767. The molecule has 0 radical (unpaired) electrons. The molecule has 0 saturated heterocycles. The highest BCUT2D eigenvalue weighted by Gasteiger charge is 2.17. The fourth-order valence-corrected chi connectivity index (χ4v) is 2.67. The summed E-state index contributed by atoms with van der Waals surface area (Å²) in [6.07, 6.45) is -0.606. The Labute approximate surface area is 108 Å². The second-order valence-electron chi connectivity index (χ2n) is 3.72. The molecule has 1 atom stereocenters. The zero-order valence-electron chi connectivity index (χ0n) is 9.15. The summed E-state index contributed by atoms with van der Waals surface area (Å²) in [5, 5.41) is 10.4. The van der Waals surface area contributed by atoms with E-state index in [0.29, 0.717) is 10.6 Å². The van der Waals surface area contributed by atoms with E-state index in [-0.39, 0.29) is 6.42 Å². The summed E-state index contributed by atoms with van der Waals surface area (Å²) in [6.45, 7) is 1.82. The van der Waals surface area contributed by atoms with Gasteiger partial charge in [-0.25, -0.2) is 9.37 Å². The minimum Gasteiger partial charge on any atom is -0.387 e. The number of aliphatic hydroxyl groups is 1. The van der Waals surface area contributed by atoms with Crippen LogP contribution in [0.5, 0.6) is 0 Å². The quantitative estimate of drug-likeness (QED) is 0.927. The summed E-state index contributed by atoms with van der Waals surface area (Å²) < 4.78 is 13.5. The molecule has 1 N–H and O–H groups in total. The summed E-state index contributed by atoms with van der Waals surface area (Å²) >= 11 is 7.27. The van der Waals surface area contributed by atoms with E-state index in [9.17, 15) is 9.50 Å². The van der Waals surface area contributed by atoms with Crippen molar-refractivity contribution >= 4 is 22.9 Å². The molecule has 90 valence electrons. The normalized spacial score (nSPS) is 12.7. The molecule has 1 aromatic carbocycles. The van der Waals surface area contributed by atoms with Gasteiger partial charge in [0.05, 0.1) is 22.2 Å². The predicted octanol–water partition coefficient (Wildman–Crippen LogP) is 3.52. The molecular weight excluding hydrogens is 261 g/mol. The van der Waals surface area contributed by atoms with Gasteiger partial charge in [0.2, 0.25) is 0 Å². The Morgan fingerprint density at radius 1 is 1.53 bits per heavy atom. The van der Waals surface area contributed by atoms with E-state index in [0.717, 1.165) is 10.6 Å². The van der Waals surface area contributed by atoms with Crippen LogP contribution in [0.15, 0.2) is 23.7 Å². The average Bonchev–Trinajstić information content (AvgIpc) is 2.70. The summed E-state index contributed by atoms with van der Waals surface area (Å²) in [5.74, 6) is -0.390. The first-order chi connectivity index (χ1) is 8.09. The Bertz CT molecular complexity index is 509. The van der Waals surface area contributed by atoms with Gasteiger partial charge in [-0.15, -0.1) is 11.3 Å². The number of aromatic nitrogens is 1. The van der Waals surface area contributed by atoms with Crippen molar-refractivity contribution in [3.8, 4) is 0 Å². The molecule has 1 heterocycles. The minimum absolute atomic E-state index is 0.161. The number of hydrogen-bond acceptors (Lipinski definition) is 3. The summed E-state index contributed by atoms with van der Waals surface area (Å²) in [6, 6.07) is 4.51. The van der Waals surface area contributed by atoms with Crippen LogP contribution >= 0.6 is 22.9 Å². The summed E-state index contributed by atoms with van der Waals surface area (Å²) in [4.78, 5) is 4.81. The summed E-state index contributed by atoms with van der Waals surface area (Å²) in [5.41, 5.74) is 2.78. The van der Waals surface area contributed by atoms with E-state index in [1.807, 2.05) is 6.92 Å². The molecule has 0 bridgehead atoms. The molecule has 1 unspecified atom stereocenters. The van der Waals surface area contributed by atoms with Gasteiger partial charge in [-0.05, 0) is 19.1 Å². The first-order valence-corrected chi connectivity index (χ1v) is 6.36. The number of halogens is 2. The van der Waals surface area contributed by atoms with Gasteiger partial charge in [0.25, 0.3) is 0 Å². The van der Waals surface area contributed by atoms with Crippen molar-refractivity contribution in [3.63, 3.8) is 0 Å². The number of benzene rings is 1. The largest absolute Gasteiger partial charge is 0.387 e. The topological polar surface area (TPSA) is 33.1 Å². The number of aryl methyl sites for hydroxylation is 1. The van der Waals surface area contributed by atoms with Crippen molar-refractivity contribution < 1.29 is 9.50 Å². The molecule has 0 aliphatic carbocycles. The second-order valence-corrected chi connectivity index (χ2v) is 5.02. The van der Waals surface area contributed by atoms with E-state index >= 15 is 0 Å². The van der Waals surface area contributed by atoms with Crippen molar-refractivity contribution in [2.24, 2.45) is 0 Å². The first-order valence-electron chi connectivity index (χ1n) is 5.10. The lowest BCUT2D eigenvalue weighted by Crippen LogP contribution is -2.04. The number of hydrogen-bond donors (Lipinski definition) is 1. The Hall–Kier alpha value is -0.970. The lowest BCUT2D eigenvalue weighted by molar-refractivity contribution is 0.180. The zero-order valence-corrected chi connectivity index (χ0v) is 10.7. The maximum Gasteiger partial charge on any atom is 0.127 e. The molecule has 17 heavy (non-hydrogen) atoms. The number of nitrogens with zero attached hydrogens (tertiary/aromatic N) is 1. The monoisotopic (exact) mass is 271 g/mol. The molecule has 0 fully saturated rings. The number of aliphatic hydroxyl groups excluding tert-OH is 1. The first kappa shape index (κ1) is 12.5. The van der Waals surface area contributed by atoms with Gasteiger partial charge in [-0.2, -0.15) is 0 Å². The van der Waals surface area contributed by atoms with E-state index in [1.54, 1.807) is 17.6 Å². The summed E-state index contributed by atoms with van der Waals surface area (Å²) in [7, 11) is 0. The molecule has 0 aliphatic heterocycles. The average molecular weight is 272 g/mol. The maximum absolute atomic E-state index is 13.5. The molecular formula is C12H11ClFNOS. The third-order valence-corrected chi connectivity index (χ3v) is 3.93. The maximum atomic E-state index is 13.5. The molecule has 0 aliphatic rings. The fourth-order valence-electron chi connectivity index (χ4n) is 1.64. The van der Waals surface area contributed by atoms with Gasteiger partial charge in [0.15, 0.2) is 0 Å². The highest BCUT2D eigenvalue weighted by atomic mass is 35.5. The Kier molecular flexibility index (Phi) is 3.76. The van der Waals surface area contributed by atoms with Crippen LogP contribution in [0.2, 0.25) is 5.02 Å². The highest BCUT2D eigenvalue weighted by molar-refractivity contribution is 7.09. The zero-order chi connectivity index (χ0) is 12.4. The van der Waals surface area contributed by atoms with Gasteiger partial charge >= 0.3 is 0 Å². The van der Waals surface area contributed by atoms with Crippen LogP contribution in [-0.4, -0.2) is 10.1 Å². The Balaban J connectivity index is 2.25. The predicted molar refractivity (Wildman–Crippen MR) is 66.9 cm³/mol. The van der Waals surface area contributed by atoms with Gasteiger partial charge in [-0.3, -0.25) is 0 Å². The van der Waals surface area contributed by atoms with Gasteiger partial charge in [0, 0.05) is 17.0 Å². The van der Waals surface area contributed by atoms with Gasteiger partial charge < -0.3 is 5.11 Å². The molecule has 2 rings (SSSR count). The van der Waals surface area contributed by atoms with E-state index in [4.69, 9.17) is 11.6 Å². The van der Waals surface area contributed by atoms with Crippen LogP contribution in [0.1, 0.15) is 22.2 Å². The standard InChI is InChI=1S/C12H11ClFNOS/c1-7-12(17-6-15-7)11(16)5-8-9(13)3-2-4-10(8)14/h2-4,6,11,16H,5H2,1H3. The third kappa shape index (κ3) is 2.65. The van der Waals surface area contributed by atoms with Gasteiger partial charge in [-0.1, -0.05) is 17.7 Å². The molecule has 0 spiro atoms. The number of rotatable bonds is 3. The molecule has 0 amide bonds. The van der Waals surface area contributed by atoms with Crippen molar-refractivity contribution in [1.29, 1.82) is 0 Å². The number of thiazole rings is 1. The van der Waals surface area contributed by atoms with E-state index < -0.39 is 11.9 Å². The van der Waals surface area contributed by atoms with Crippen LogP contribution in [-0.2, 0) is 6.42 Å². The lowest BCUT2D eigenvalue weighted by Gasteiger charge is -2.11. The highest BCUT2D eigenvalue weighted by Crippen LogP contribution is 2.28. The van der Waals surface area contributed by atoms with Gasteiger partial charge in [0.1, 0.15) is 5.82 Å². The molecule has 1 aromatic heterocycles. The Morgan fingerprint density at radius 2 is 2.29 bits per heavy atom. The van der Waals surface area contributed by atoms with E-state index in [2.05, 4.69) is 4.98 Å². The second kappa shape index (κ2) is 5.12. The van der Waals surface area contributed by atoms with Crippen molar-refractivity contribution in [2.45, 2.75) is 19.4 Å².